The van der Waals surface area contributed by atoms with Crippen molar-refractivity contribution < 1.29 is 9.32 Å². The first kappa shape index (κ1) is 15.0. The lowest BCUT2D eigenvalue weighted by Crippen LogP contribution is -2.23. The molecule has 0 saturated carbocycles. The van der Waals surface area contributed by atoms with Crippen LogP contribution in [0.1, 0.15) is 35.7 Å². The van der Waals surface area contributed by atoms with Crippen LogP contribution in [0.3, 0.4) is 0 Å². The zero-order valence-electron chi connectivity index (χ0n) is 12.6. The predicted octanol–water partition coefficient (Wildman–Crippen LogP) is 2.02. The Balaban J connectivity index is 2.02. The number of carbonyl (C=O) groups excluding carboxylic acids is 1. The minimum atomic E-state index is -0.109. The number of nitrogens with one attached hydrogen (secondary N) is 1. The van der Waals surface area contributed by atoms with Crippen LogP contribution in [0.25, 0.3) is 0 Å². The Hall–Kier alpha value is -2.37. The summed E-state index contributed by atoms with van der Waals surface area (Å²) < 4.78 is 5.26. The molecule has 6 nitrogen and oxygen atoms in total. The molecule has 0 bridgehead atoms. The average molecular weight is 288 g/mol. The first-order chi connectivity index (χ1) is 10.1. The van der Waals surface area contributed by atoms with Crippen LogP contribution in [0.4, 0.5) is 5.82 Å². The number of anilines is 1. The minimum absolute atomic E-state index is 0.109. The van der Waals surface area contributed by atoms with Crippen molar-refractivity contribution in [2.75, 3.05) is 18.5 Å². The number of amides is 1. The Morgan fingerprint density at radius 2 is 2.19 bits per heavy atom. The Labute approximate surface area is 124 Å². The van der Waals surface area contributed by atoms with Gasteiger partial charge in [0.25, 0.3) is 5.91 Å². The quantitative estimate of drug-likeness (QED) is 0.880. The maximum absolute atomic E-state index is 11.7. The first-order valence-corrected chi connectivity index (χ1v) is 7.03. The summed E-state index contributed by atoms with van der Waals surface area (Å²) in [6, 6.07) is 5.53. The predicted molar refractivity (Wildman–Crippen MR) is 80.2 cm³/mol. The molecular weight excluding hydrogens is 268 g/mol. The molecule has 0 aromatic carbocycles. The van der Waals surface area contributed by atoms with E-state index >= 15 is 0 Å². The third kappa shape index (κ3) is 3.81. The summed E-state index contributed by atoms with van der Waals surface area (Å²) >= 11 is 0. The summed E-state index contributed by atoms with van der Waals surface area (Å²) in [7, 11) is 1.92. The molecule has 21 heavy (non-hydrogen) atoms. The Bertz CT molecular complexity index is 592. The van der Waals surface area contributed by atoms with Crippen molar-refractivity contribution in [1.82, 2.24) is 15.5 Å². The van der Waals surface area contributed by atoms with Crippen molar-refractivity contribution >= 4 is 11.7 Å². The lowest BCUT2D eigenvalue weighted by molar-refractivity contribution is 0.0955. The van der Waals surface area contributed by atoms with Crippen LogP contribution in [-0.4, -0.2) is 29.6 Å². The van der Waals surface area contributed by atoms with E-state index in [0.29, 0.717) is 18.7 Å². The standard InChI is InChI=1S/C15H20N4O2/c1-4-12-8-13(21-18-12)10-19(3)14-7-6-11(9-17-14)15(20)16-5-2/h6-9H,4-5,10H2,1-3H3,(H,16,20). The van der Waals surface area contributed by atoms with Gasteiger partial charge >= 0.3 is 0 Å². The molecule has 0 aliphatic heterocycles. The van der Waals surface area contributed by atoms with Crippen molar-refractivity contribution in [3.05, 3.63) is 41.4 Å². The van der Waals surface area contributed by atoms with Crippen LogP contribution in [0, 0.1) is 0 Å². The zero-order valence-corrected chi connectivity index (χ0v) is 12.6. The van der Waals surface area contributed by atoms with E-state index in [4.69, 9.17) is 4.52 Å². The second kappa shape index (κ2) is 6.88. The smallest absolute Gasteiger partial charge is 0.252 e. The molecule has 2 heterocycles. The first-order valence-electron chi connectivity index (χ1n) is 7.03. The second-order valence-corrected chi connectivity index (χ2v) is 4.76. The number of aryl methyl sites for hydroxylation is 1. The highest BCUT2D eigenvalue weighted by atomic mass is 16.5. The summed E-state index contributed by atoms with van der Waals surface area (Å²) in [5.74, 6) is 1.46. The molecule has 0 aliphatic rings. The van der Waals surface area contributed by atoms with Crippen LogP contribution in [0.15, 0.2) is 28.9 Å². The summed E-state index contributed by atoms with van der Waals surface area (Å²) in [6.07, 6.45) is 2.43. The van der Waals surface area contributed by atoms with Gasteiger partial charge in [0.1, 0.15) is 5.82 Å². The van der Waals surface area contributed by atoms with Gasteiger partial charge in [-0.3, -0.25) is 4.79 Å². The highest BCUT2D eigenvalue weighted by molar-refractivity contribution is 5.93. The largest absolute Gasteiger partial charge is 0.359 e. The number of hydrogen-bond acceptors (Lipinski definition) is 5. The molecule has 0 saturated heterocycles. The number of pyridine rings is 1. The van der Waals surface area contributed by atoms with Gasteiger partial charge in [0.15, 0.2) is 5.76 Å². The maximum atomic E-state index is 11.7. The summed E-state index contributed by atoms with van der Waals surface area (Å²) in [4.78, 5) is 17.9. The van der Waals surface area contributed by atoms with Gasteiger partial charge in [0.05, 0.1) is 17.8 Å². The van der Waals surface area contributed by atoms with Crippen molar-refractivity contribution in [3.8, 4) is 0 Å². The van der Waals surface area contributed by atoms with Gasteiger partial charge in [0.2, 0.25) is 0 Å². The van der Waals surface area contributed by atoms with Gasteiger partial charge in [-0.25, -0.2) is 4.98 Å². The number of nitrogens with zero attached hydrogens (tertiary/aromatic N) is 3. The molecule has 1 amide bonds. The lowest BCUT2D eigenvalue weighted by atomic mass is 10.2. The van der Waals surface area contributed by atoms with Gasteiger partial charge in [-0.1, -0.05) is 12.1 Å². The molecule has 1 N–H and O–H groups in total. The second-order valence-electron chi connectivity index (χ2n) is 4.76. The molecule has 112 valence electrons. The molecule has 0 atom stereocenters. The molecule has 2 rings (SSSR count). The highest BCUT2D eigenvalue weighted by Crippen LogP contribution is 2.14. The molecule has 0 aliphatic carbocycles. The number of carbonyl (C=O) groups is 1. The van der Waals surface area contributed by atoms with E-state index in [9.17, 15) is 4.79 Å². The summed E-state index contributed by atoms with van der Waals surface area (Å²) in [5, 5.41) is 6.71. The Morgan fingerprint density at radius 3 is 2.76 bits per heavy atom. The van der Waals surface area contributed by atoms with Crippen molar-refractivity contribution in [1.29, 1.82) is 0 Å². The number of rotatable bonds is 6. The van der Waals surface area contributed by atoms with Gasteiger partial charge < -0.3 is 14.7 Å². The van der Waals surface area contributed by atoms with E-state index < -0.39 is 0 Å². The Morgan fingerprint density at radius 1 is 1.38 bits per heavy atom. The van der Waals surface area contributed by atoms with Crippen LogP contribution in [-0.2, 0) is 13.0 Å². The molecule has 0 unspecified atom stereocenters. The number of aromatic nitrogens is 2. The van der Waals surface area contributed by atoms with Gasteiger partial charge in [0, 0.05) is 25.9 Å². The SMILES string of the molecule is CCNC(=O)c1ccc(N(C)Cc2cc(CC)no2)nc1. The summed E-state index contributed by atoms with van der Waals surface area (Å²) in [5.41, 5.74) is 1.50. The monoisotopic (exact) mass is 288 g/mol. The minimum Gasteiger partial charge on any atom is -0.359 e. The van der Waals surface area contributed by atoms with E-state index in [2.05, 4.69) is 15.5 Å². The highest BCUT2D eigenvalue weighted by Gasteiger charge is 2.10. The molecule has 2 aromatic rings. The zero-order chi connectivity index (χ0) is 15.2. The molecule has 0 fully saturated rings. The van der Waals surface area contributed by atoms with Crippen LogP contribution < -0.4 is 10.2 Å². The van der Waals surface area contributed by atoms with Gasteiger partial charge in [-0.15, -0.1) is 0 Å². The summed E-state index contributed by atoms with van der Waals surface area (Å²) in [6.45, 7) is 5.11. The maximum Gasteiger partial charge on any atom is 0.252 e. The third-order valence-electron chi connectivity index (χ3n) is 3.10. The van der Waals surface area contributed by atoms with Gasteiger partial charge in [-0.05, 0) is 25.5 Å². The molecular formula is C15H20N4O2. The normalized spacial score (nSPS) is 10.4. The lowest BCUT2D eigenvalue weighted by Gasteiger charge is -2.16. The fourth-order valence-electron chi connectivity index (χ4n) is 1.92. The van der Waals surface area contributed by atoms with Crippen LogP contribution in [0.5, 0.6) is 0 Å². The average Bonchev–Trinajstić information content (AvgIpc) is 2.95. The van der Waals surface area contributed by atoms with E-state index in [1.165, 1.54) is 0 Å². The Kier molecular flexibility index (Phi) is 4.92. The molecule has 0 radical (unpaired) electrons. The topological polar surface area (TPSA) is 71.3 Å². The fraction of sp³-hybridized carbons (Fsp3) is 0.400. The fourth-order valence-corrected chi connectivity index (χ4v) is 1.92. The molecule has 6 heteroatoms. The molecule has 0 spiro atoms. The van der Waals surface area contributed by atoms with E-state index in [1.54, 1.807) is 12.3 Å². The van der Waals surface area contributed by atoms with Crippen LogP contribution in [0.2, 0.25) is 0 Å². The van der Waals surface area contributed by atoms with Crippen molar-refractivity contribution in [2.45, 2.75) is 26.8 Å². The third-order valence-corrected chi connectivity index (χ3v) is 3.10. The van der Waals surface area contributed by atoms with Crippen molar-refractivity contribution in [3.63, 3.8) is 0 Å². The van der Waals surface area contributed by atoms with E-state index in [0.717, 1.165) is 23.7 Å². The van der Waals surface area contributed by atoms with Gasteiger partial charge in [-0.2, -0.15) is 0 Å². The van der Waals surface area contributed by atoms with E-state index in [-0.39, 0.29) is 5.91 Å². The van der Waals surface area contributed by atoms with E-state index in [1.807, 2.05) is 37.9 Å². The van der Waals surface area contributed by atoms with Crippen LogP contribution >= 0.6 is 0 Å². The number of hydrogen-bond donors (Lipinski definition) is 1. The molecule has 2 aromatic heterocycles. The van der Waals surface area contributed by atoms with Crippen molar-refractivity contribution in [2.24, 2.45) is 0 Å².